The van der Waals surface area contributed by atoms with Crippen LogP contribution < -0.4 is 5.32 Å². The number of nitrogens with one attached hydrogen (secondary N) is 1. The van der Waals surface area contributed by atoms with E-state index in [0.29, 0.717) is 11.5 Å². The Morgan fingerprint density at radius 3 is 2.62 bits per heavy atom. The third-order valence-corrected chi connectivity index (χ3v) is 5.10. The number of rotatable bonds is 5. The summed E-state index contributed by atoms with van der Waals surface area (Å²) in [6, 6.07) is 5.04. The van der Waals surface area contributed by atoms with Crippen molar-refractivity contribution in [3.63, 3.8) is 0 Å². The number of hydrogen-bond acceptors (Lipinski definition) is 2. The first-order valence-electron chi connectivity index (χ1n) is 6.07. The SMILES string of the molecule is CC(C)NCC1(Cc2ccc(Br)s2)CCC1. The molecule has 1 aliphatic rings. The van der Waals surface area contributed by atoms with Gasteiger partial charge in [0, 0.05) is 17.5 Å². The molecule has 1 aromatic rings. The van der Waals surface area contributed by atoms with Gasteiger partial charge in [-0.25, -0.2) is 0 Å². The predicted octanol–water partition coefficient (Wildman–Crippen LogP) is 4.22. The molecule has 0 bridgehead atoms. The van der Waals surface area contributed by atoms with Crippen molar-refractivity contribution in [1.82, 2.24) is 5.32 Å². The van der Waals surface area contributed by atoms with E-state index in [-0.39, 0.29) is 0 Å². The summed E-state index contributed by atoms with van der Waals surface area (Å²) < 4.78 is 1.26. The molecular formula is C13H20BrNS. The lowest BCUT2D eigenvalue weighted by Crippen LogP contribution is -2.43. The monoisotopic (exact) mass is 301 g/mol. The van der Waals surface area contributed by atoms with Crippen LogP contribution in [-0.2, 0) is 6.42 Å². The summed E-state index contributed by atoms with van der Waals surface area (Å²) in [6.07, 6.45) is 5.44. The fourth-order valence-corrected chi connectivity index (χ4v) is 3.99. The Hall–Kier alpha value is 0.140. The van der Waals surface area contributed by atoms with Crippen molar-refractivity contribution in [3.05, 3.63) is 20.8 Å². The first kappa shape index (κ1) is 12.6. The van der Waals surface area contributed by atoms with E-state index < -0.39 is 0 Å². The Bertz CT molecular complexity index is 341. The third kappa shape index (κ3) is 3.08. The molecule has 0 saturated heterocycles. The second kappa shape index (κ2) is 5.19. The summed E-state index contributed by atoms with van der Waals surface area (Å²) in [5.74, 6) is 0. The van der Waals surface area contributed by atoms with E-state index in [1.807, 2.05) is 11.3 Å². The van der Waals surface area contributed by atoms with Crippen LogP contribution in [0.25, 0.3) is 0 Å². The molecule has 2 rings (SSSR count). The molecule has 0 atom stereocenters. The molecule has 0 aromatic carbocycles. The first-order valence-corrected chi connectivity index (χ1v) is 7.68. The number of thiophene rings is 1. The minimum atomic E-state index is 0.550. The van der Waals surface area contributed by atoms with Crippen molar-refractivity contribution < 1.29 is 0 Å². The zero-order valence-corrected chi connectivity index (χ0v) is 12.5. The van der Waals surface area contributed by atoms with Gasteiger partial charge in [0.2, 0.25) is 0 Å². The molecule has 1 nitrogen and oxygen atoms in total. The molecule has 1 saturated carbocycles. The van der Waals surface area contributed by atoms with Gasteiger partial charge in [0.1, 0.15) is 0 Å². The van der Waals surface area contributed by atoms with Gasteiger partial charge >= 0.3 is 0 Å². The van der Waals surface area contributed by atoms with Crippen molar-refractivity contribution in [2.75, 3.05) is 6.54 Å². The molecule has 1 N–H and O–H groups in total. The smallest absolute Gasteiger partial charge is 0.0701 e. The van der Waals surface area contributed by atoms with Crippen LogP contribution >= 0.6 is 27.3 Å². The first-order chi connectivity index (χ1) is 7.60. The molecule has 1 fully saturated rings. The van der Waals surface area contributed by atoms with Crippen molar-refractivity contribution in [2.24, 2.45) is 5.41 Å². The van der Waals surface area contributed by atoms with Gasteiger partial charge in [0.15, 0.2) is 0 Å². The molecule has 1 heterocycles. The summed E-state index contributed by atoms with van der Waals surface area (Å²) >= 11 is 5.43. The Kier molecular flexibility index (Phi) is 4.09. The summed E-state index contributed by atoms with van der Waals surface area (Å²) in [4.78, 5) is 1.53. The molecule has 90 valence electrons. The molecule has 0 spiro atoms. The zero-order chi connectivity index (χ0) is 11.6. The maximum Gasteiger partial charge on any atom is 0.0701 e. The normalized spacial score (nSPS) is 18.8. The van der Waals surface area contributed by atoms with E-state index in [4.69, 9.17) is 0 Å². The minimum Gasteiger partial charge on any atom is -0.314 e. The maximum absolute atomic E-state index is 3.61. The van der Waals surface area contributed by atoms with Gasteiger partial charge in [-0.1, -0.05) is 20.3 Å². The van der Waals surface area contributed by atoms with Crippen molar-refractivity contribution in [1.29, 1.82) is 0 Å². The lowest BCUT2D eigenvalue weighted by atomic mass is 9.66. The van der Waals surface area contributed by atoms with Gasteiger partial charge in [0.05, 0.1) is 3.79 Å². The van der Waals surface area contributed by atoms with Crippen molar-refractivity contribution >= 4 is 27.3 Å². The quantitative estimate of drug-likeness (QED) is 0.858. The van der Waals surface area contributed by atoms with E-state index >= 15 is 0 Å². The van der Waals surface area contributed by atoms with Crippen LogP contribution in [0.4, 0.5) is 0 Å². The molecular weight excluding hydrogens is 282 g/mol. The molecule has 0 radical (unpaired) electrons. The van der Waals surface area contributed by atoms with Crippen LogP contribution in [0.3, 0.4) is 0 Å². The van der Waals surface area contributed by atoms with Crippen LogP contribution in [-0.4, -0.2) is 12.6 Å². The van der Waals surface area contributed by atoms with Gasteiger partial charge in [-0.3, -0.25) is 0 Å². The van der Waals surface area contributed by atoms with Crippen molar-refractivity contribution in [3.8, 4) is 0 Å². The Labute approximate surface area is 111 Å². The standard InChI is InChI=1S/C13H20BrNS/c1-10(2)15-9-13(6-3-7-13)8-11-4-5-12(14)16-11/h4-5,10,15H,3,6-9H2,1-2H3. The van der Waals surface area contributed by atoms with Crippen molar-refractivity contribution in [2.45, 2.75) is 45.6 Å². The maximum atomic E-state index is 3.61. The Balaban J connectivity index is 1.94. The average Bonchev–Trinajstić information content (AvgIpc) is 2.55. The molecule has 0 amide bonds. The highest BCUT2D eigenvalue weighted by Gasteiger charge is 2.37. The summed E-state index contributed by atoms with van der Waals surface area (Å²) in [6.45, 7) is 5.64. The lowest BCUT2D eigenvalue weighted by molar-refractivity contribution is 0.128. The van der Waals surface area contributed by atoms with E-state index in [0.717, 1.165) is 0 Å². The molecule has 1 aromatic heterocycles. The highest BCUT2D eigenvalue weighted by Crippen LogP contribution is 2.44. The zero-order valence-electron chi connectivity index (χ0n) is 10.1. The number of halogens is 1. The highest BCUT2D eigenvalue weighted by atomic mass is 79.9. The van der Waals surface area contributed by atoms with Crippen LogP contribution in [0.2, 0.25) is 0 Å². The van der Waals surface area contributed by atoms with Gasteiger partial charge in [0.25, 0.3) is 0 Å². The Morgan fingerprint density at radius 2 is 2.19 bits per heavy atom. The topological polar surface area (TPSA) is 12.0 Å². The average molecular weight is 302 g/mol. The van der Waals surface area contributed by atoms with E-state index in [9.17, 15) is 0 Å². The molecule has 3 heteroatoms. The summed E-state index contributed by atoms with van der Waals surface area (Å²) in [5, 5.41) is 3.61. The van der Waals surface area contributed by atoms with Gasteiger partial charge in [-0.2, -0.15) is 0 Å². The predicted molar refractivity (Wildman–Crippen MR) is 75.1 cm³/mol. The van der Waals surface area contributed by atoms with Crippen LogP contribution in [0, 0.1) is 5.41 Å². The highest BCUT2D eigenvalue weighted by molar-refractivity contribution is 9.11. The lowest BCUT2D eigenvalue weighted by Gasteiger charge is -2.42. The van der Waals surface area contributed by atoms with Crippen LogP contribution in [0.15, 0.2) is 15.9 Å². The largest absolute Gasteiger partial charge is 0.314 e. The third-order valence-electron chi connectivity index (χ3n) is 3.48. The number of hydrogen-bond donors (Lipinski definition) is 1. The molecule has 0 unspecified atom stereocenters. The van der Waals surface area contributed by atoms with Crippen LogP contribution in [0.1, 0.15) is 38.0 Å². The molecule has 16 heavy (non-hydrogen) atoms. The fourth-order valence-electron chi connectivity index (χ4n) is 2.33. The summed E-state index contributed by atoms with van der Waals surface area (Å²) in [5.41, 5.74) is 0.550. The summed E-state index contributed by atoms with van der Waals surface area (Å²) in [7, 11) is 0. The van der Waals surface area contributed by atoms with Gasteiger partial charge in [-0.15, -0.1) is 11.3 Å². The molecule has 1 aliphatic carbocycles. The van der Waals surface area contributed by atoms with Gasteiger partial charge in [-0.05, 0) is 52.7 Å². The Morgan fingerprint density at radius 1 is 1.44 bits per heavy atom. The second-order valence-electron chi connectivity index (χ2n) is 5.27. The van der Waals surface area contributed by atoms with E-state index in [1.54, 1.807) is 0 Å². The minimum absolute atomic E-state index is 0.550. The van der Waals surface area contributed by atoms with Gasteiger partial charge < -0.3 is 5.32 Å². The van der Waals surface area contributed by atoms with Crippen LogP contribution in [0.5, 0.6) is 0 Å². The van der Waals surface area contributed by atoms with E-state index in [2.05, 4.69) is 47.2 Å². The molecule has 0 aliphatic heterocycles. The fraction of sp³-hybridized carbons (Fsp3) is 0.692. The second-order valence-corrected chi connectivity index (χ2v) is 7.82. The van der Waals surface area contributed by atoms with E-state index in [1.165, 1.54) is 40.9 Å².